The number of anilines is 5. The Morgan fingerprint density at radius 3 is 1.41 bits per heavy atom. The molecule has 3 aliphatic rings. The number of aromatic nitrogens is 9. The average molecular weight is 1890 g/mol. The Labute approximate surface area is 724 Å². The van der Waals surface area contributed by atoms with Gasteiger partial charge in [-0.3, -0.25) is 19.8 Å². The number of amides is 1. The van der Waals surface area contributed by atoms with Gasteiger partial charge in [0.1, 0.15) is 5.60 Å². The lowest BCUT2D eigenvalue weighted by Crippen LogP contribution is -2.28. The summed E-state index contributed by atoms with van der Waals surface area (Å²) in [4.78, 5) is 119. The van der Waals surface area contributed by atoms with E-state index in [1.807, 2.05) is 4.90 Å². The summed E-state index contributed by atoms with van der Waals surface area (Å²) in [6, 6.07) is 9.31. The number of pyridine rings is 1. The van der Waals surface area contributed by atoms with Gasteiger partial charge < -0.3 is 96.5 Å². The number of hydrogen-bond acceptors (Lipinski definition) is 36. The van der Waals surface area contributed by atoms with E-state index in [2.05, 4.69) is 123 Å². The van der Waals surface area contributed by atoms with Crippen molar-refractivity contribution in [2.45, 2.75) is 157 Å². The first-order chi connectivity index (χ1) is 58.6. The van der Waals surface area contributed by atoms with Crippen LogP contribution in [0.4, 0.5) is 47.4 Å². The van der Waals surface area contributed by atoms with Gasteiger partial charge in [0.15, 0.2) is 39.9 Å². The molecule has 674 valence electrons. The van der Waals surface area contributed by atoms with Crippen LogP contribution in [0.3, 0.4) is 0 Å². The van der Waals surface area contributed by atoms with Crippen LogP contribution in [0.15, 0.2) is 99.5 Å². The molecule has 41 nitrogen and oxygen atoms in total. The van der Waals surface area contributed by atoms with Crippen LogP contribution >= 0.6 is 43.5 Å². The number of ether oxygens (including phenoxy) is 6. The molecule has 8 aromatic rings. The molecule has 3 aliphatic heterocycles. The van der Waals surface area contributed by atoms with Gasteiger partial charge in [-0.2, -0.15) is 18.3 Å². The van der Waals surface area contributed by atoms with Crippen molar-refractivity contribution in [3.63, 3.8) is 0 Å². The standard InChI is InChI=1S/C20H20F3N5O2.C11H16N2O5.C11H16N2O3.C9H12N2O3.C7H7NO5.C6H8N2O3.C5H10Br2.C4H6ClNO3.C3H2O2/c21-20(22,23)16-4-5-24-11-15(16)13-28-12-14(10-25-28)8-18(29)17-9-19(30-26-17)27-6-2-1-3-7-27;1-5-16-9(14)7-6-8(18-13-7)12-10(15)17-11(2,3)4;1-2-15-11(14)9-8-10(16-12-9)13-6-4-3-5-7-13;12-9(13)7-6-8(14-10-7)11-4-2-1-3-5-11;1-2-12-7(11)4-3-5(6(9)10)13-8-4;1-2-10-6(9)4-3-5(7)11-8-4;6-4-2-1-3-5-7;1-2-9-4(7)3(5)6-8;1-2-3(4)5/h4-5,9-12H,1-3,6-8,13H2;6H,5H2,1-4H3,(H,12,15);8H,2-7H2,1H3;6H,1-5H2,(H,12,13);3H,2H2,1H3,(H,9,10);3H,2,7H2,1H3;1-5H2;8H,2H2,1H3;1H,(H,4,5)/b;;;;;;;6-3-;. The number of oxime groups is 1. The second-order valence-corrected chi connectivity index (χ2v) is 27.8. The molecule has 0 aromatic carbocycles. The number of aliphatic carboxylic acids is 1. The number of ketones is 1. The first-order valence-corrected chi connectivity index (χ1v) is 40.6. The van der Waals surface area contributed by atoms with E-state index in [9.17, 15) is 56.3 Å². The molecular formula is C76H97Br2ClF3N15O26. The van der Waals surface area contributed by atoms with Crippen LogP contribution in [0.2, 0.25) is 0 Å². The molecule has 123 heavy (non-hydrogen) atoms. The number of terminal acetylenes is 1. The number of halogens is 6. The number of alkyl halides is 5. The molecule has 3 fully saturated rings. The molecule has 11 rings (SSSR count). The number of nitrogens with one attached hydrogen (secondary N) is 1. The molecule has 8 aromatic heterocycles. The third kappa shape index (κ3) is 41.1. The van der Waals surface area contributed by atoms with Crippen molar-refractivity contribution in [3.05, 3.63) is 124 Å². The monoisotopic (exact) mass is 1890 g/mol. The minimum absolute atomic E-state index is 0.00801. The first-order valence-electron chi connectivity index (χ1n) is 38.0. The van der Waals surface area contributed by atoms with Crippen LogP contribution in [0, 0.1) is 12.3 Å². The summed E-state index contributed by atoms with van der Waals surface area (Å²) in [6.45, 7) is 20.4. The number of carbonyl (C=O) groups excluding carboxylic acids is 7. The minimum Gasteiger partial charge on any atom is -0.476 e. The van der Waals surface area contributed by atoms with Gasteiger partial charge in [0.25, 0.3) is 5.17 Å². The van der Waals surface area contributed by atoms with Gasteiger partial charge in [-0.1, -0.05) is 86.0 Å². The highest BCUT2D eigenvalue weighted by molar-refractivity contribution is 9.09. The molecule has 11 heterocycles. The Morgan fingerprint density at radius 1 is 0.577 bits per heavy atom. The van der Waals surface area contributed by atoms with Crippen LogP contribution in [0.1, 0.15) is 223 Å². The number of nitrogen functional groups attached to an aromatic ring is 1. The van der Waals surface area contributed by atoms with Crippen LogP contribution in [0.5, 0.6) is 0 Å². The molecule has 0 atom stereocenters. The number of carboxylic acids is 3. The van der Waals surface area contributed by atoms with Gasteiger partial charge in [-0.05, 0) is 138 Å². The average Bonchev–Trinajstić information content (AvgIpc) is 1.23. The Balaban J connectivity index is 0.000000373. The number of nitrogens with zero attached hydrogens (tertiary/aromatic N) is 13. The Morgan fingerprint density at radius 2 is 1.00 bits per heavy atom. The maximum Gasteiger partial charge on any atom is 0.416 e. The summed E-state index contributed by atoms with van der Waals surface area (Å²) in [7, 11) is 0. The van der Waals surface area contributed by atoms with Gasteiger partial charge in [0.05, 0.1) is 51.3 Å². The largest absolute Gasteiger partial charge is 0.476 e. The van der Waals surface area contributed by atoms with Gasteiger partial charge >= 0.3 is 60.0 Å². The van der Waals surface area contributed by atoms with Crippen LogP contribution < -0.4 is 25.8 Å². The molecule has 0 aliphatic carbocycles. The summed E-state index contributed by atoms with van der Waals surface area (Å²) in [5.41, 5.74) is 4.81. The van der Waals surface area contributed by atoms with Crippen molar-refractivity contribution < 1.29 is 137 Å². The number of Topliss-reactive ketones (excluding diaryl/α,β-unsaturated/α-hetero) is 1. The normalized spacial score (nSPS) is 12.7. The summed E-state index contributed by atoms with van der Waals surface area (Å²) in [6.07, 6.45) is 18.9. The third-order valence-electron chi connectivity index (χ3n) is 15.3. The predicted octanol–water partition coefficient (Wildman–Crippen LogP) is 13.4. The van der Waals surface area contributed by atoms with Gasteiger partial charge in [0.2, 0.25) is 35.2 Å². The Bertz CT molecular complexity index is 4620. The van der Waals surface area contributed by atoms with Crippen LogP contribution in [-0.4, -0.2) is 220 Å². The lowest BCUT2D eigenvalue weighted by atomic mass is 10.1. The van der Waals surface area contributed by atoms with E-state index in [1.54, 1.807) is 73.7 Å². The topological polar surface area (TPSA) is 554 Å². The number of carbonyl (C=O) groups is 10. The van der Waals surface area contributed by atoms with Crippen LogP contribution in [-0.2, 0) is 57.2 Å². The quantitative estimate of drug-likeness (QED) is 0.00356. The van der Waals surface area contributed by atoms with E-state index in [4.69, 9.17) is 75.0 Å². The van der Waals surface area contributed by atoms with Crippen molar-refractivity contribution >= 4 is 138 Å². The van der Waals surface area contributed by atoms with E-state index in [0.29, 0.717) is 36.4 Å². The summed E-state index contributed by atoms with van der Waals surface area (Å²) >= 11 is 11.7. The van der Waals surface area contributed by atoms with E-state index in [1.165, 1.54) is 79.7 Å². The molecule has 0 bridgehead atoms. The second-order valence-electron chi connectivity index (χ2n) is 25.9. The Hall–Kier alpha value is -12.4. The van der Waals surface area contributed by atoms with Gasteiger partial charge in [0, 0.05) is 123 Å². The highest BCUT2D eigenvalue weighted by Gasteiger charge is 2.34. The molecule has 47 heteroatoms. The molecule has 0 unspecified atom stereocenters. The van der Waals surface area contributed by atoms with E-state index >= 15 is 0 Å². The number of esters is 5. The number of carboxylic acid groups (broad SMARTS) is 3. The van der Waals surface area contributed by atoms with Crippen LogP contribution in [0.25, 0.3) is 0 Å². The lowest BCUT2D eigenvalue weighted by molar-refractivity contribution is -0.138. The van der Waals surface area contributed by atoms with Crippen molar-refractivity contribution in [2.75, 3.05) is 109 Å². The number of piperidine rings is 3. The zero-order valence-electron chi connectivity index (χ0n) is 68.4. The Kier molecular flexibility index (Phi) is 48.5. The highest BCUT2D eigenvalue weighted by Crippen LogP contribution is 2.32. The number of unbranched alkanes of at least 4 members (excludes halogenated alkanes) is 2. The third-order valence-corrected chi connectivity index (χ3v) is 16.7. The molecule has 1 amide bonds. The number of hydrogen-bond donors (Lipinski definition) is 6. The SMILES string of the molecule is BrCCCCCBr.C#CC(=O)O.CCOC(=O)/C(Cl)=N/O.CCOC(=O)c1cc(C(=O)O)on1.CCOC(=O)c1cc(N)on1.CCOC(=O)c1cc(N2CCCCC2)on1.CCOC(=O)c1cc(NC(=O)OC(C)(C)C)on1.O=C(Cc1cnn(Cc2cnccc2C(F)(F)F)c1)c1cc(N2CCCCC2)on1.O=C(O)c1cc(N2CCCCC2)on1. The summed E-state index contributed by atoms with van der Waals surface area (Å²) in [5.74, 6) is -3.83. The molecule has 0 spiro atoms. The van der Waals surface area contributed by atoms with Crippen molar-refractivity contribution in [3.8, 4) is 12.3 Å². The second kappa shape index (κ2) is 57.0. The molecule has 3 saturated heterocycles. The number of aromatic carboxylic acids is 2. The van der Waals surface area contributed by atoms with Gasteiger partial charge in [-0.25, -0.2) is 43.2 Å². The van der Waals surface area contributed by atoms with Gasteiger partial charge in [-0.15, -0.1) is 6.42 Å². The lowest BCUT2D eigenvalue weighted by Gasteiger charge is -2.25. The molecule has 0 radical (unpaired) electrons. The number of nitrogens with two attached hydrogens (primary N) is 1. The zero-order valence-corrected chi connectivity index (χ0v) is 72.4. The van der Waals surface area contributed by atoms with Crippen molar-refractivity contribution in [1.82, 2.24) is 45.7 Å². The fraction of sp³-hybridized carbons (Fsp3) is 0.487. The summed E-state index contributed by atoms with van der Waals surface area (Å²) in [5, 5.41) is 64.1. The summed E-state index contributed by atoms with van der Waals surface area (Å²) < 4.78 is 97.8. The molecular weight excluding hydrogens is 1790 g/mol. The maximum atomic E-state index is 13.1. The van der Waals surface area contributed by atoms with E-state index < -0.39 is 76.4 Å². The number of rotatable bonds is 25. The zero-order chi connectivity index (χ0) is 91.5. The minimum atomic E-state index is -4.47. The van der Waals surface area contributed by atoms with Crippen molar-refractivity contribution in [2.24, 2.45) is 5.16 Å². The fourth-order valence-corrected chi connectivity index (χ4v) is 10.7. The fourth-order valence-electron chi connectivity index (χ4n) is 9.89. The van der Waals surface area contributed by atoms with Crippen molar-refractivity contribution in [1.29, 1.82) is 0 Å². The van der Waals surface area contributed by atoms with E-state index in [0.717, 1.165) is 107 Å². The molecule has 7 N–H and O–H groups in total. The smallest absolute Gasteiger partial charge is 0.416 e. The first kappa shape index (κ1) is 105. The van der Waals surface area contributed by atoms with E-state index in [-0.39, 0.29) is 95.8 Å². The molecule has 0 saturated carbocycles. The highest BCUT2D eigenvalue weighted by atomic mass is 79.9. The predicted molar refractivity (Wildman–Crippen MR) is 437 cm³/mol. The maximum absolute atomic E-state index is 13.1.